The summed E-state index contributed by atoms with van der Waals surface area (Å²) in [5, 5.41) is 13.0. The number of hydrogen-bond donors (Lipinski definition) is 2. The van der Waals surface area contributed by atoms with Crippen LogP contribution in [0.15, 0.2) is 18.3 Å². The van der Waals surface area contributed by atoms with Gasteiger partial charge in [-0.2, -0.15) is 0 Å². The minimum absolute atomic E-state index is 0.0303. The lowest BCUT2D eigenvalue weighted by Gasteiger charge is -2.24. The number of aromatic nitrogens is 1. The van der Waals surface area contributed by atoms with Crippen LogP contribution < -0.4 is 10.2 Å². The minimum Gasteiger partial charge on any atom is -0.389 e. The van der Waals surface area contributed by atoms with E-state index in [-0.39, 0.29) is 19.1 Å². The van der Waals surface area contributed by atoms with Gasteiger partial charge in [-0.05, 0) is 25.1 Å². The molecular formula is C21H32N4O3. The Hall–Kier alpha value is -2.14. The van der Waals surface area contributed by atoms with Crippen molar-refractivity contribution < 1.29 is 14.6 Å². The van der Waals surface area contributed by atoms with Crippen molar-refractivity contribution in [3.63, 3.8) is 0 Å². The van der Waals surface area contributed by atoms with E-state index in [0.29, 0.717) is 12.2 Å². The Balaban J connectivity index is 1.85. The van der Waals surface area contributed by atoms with E-state index in [4.69, 9.17) is 11.2 Å². The Morgan fingerprint density at radius 3 is 2.79 bits per heavy atom. The Labute approximate surface area is 168 Å². The number of rotatable bonds is 7. The number of amides is 1. The van der Waals surface area contributed by atoms with Crippen LogP contribution in [0.2, 0.25) is 0 Å². The normalized spacial score (nSPS) is 16.9. The summed E-state index contributed by atoms with van der Waals surface area (Å²) in [5.41, 5.74) is 0.263. The molecule has 0 saturated carbocycles. The van der Waals surface area contributed by atoms with E-state index >= 15 is 0 Å². The fourth-order valence-corrected chi connectivity index (χ4v) is 2.95. The fourth-order valence-electron chi connectivity index (χ4n) is 2.95. The lowest BCUT2D eigenvalue weighted by atomic mass is 9.96. The van der Waals surface area contributed by atoms with Gasteiger partial charge in [0.1, 0.15) is 12.4 Å². The molecule has 0 aromatic carbocycles. The summed E-state index contributed by atoms with van der Waals surface area (Å²) in [5.74, 6) is 3.26. The van der Waals surface area contributed by atoms with Crippen LogP contribution >= 0.6 is 0 Å². The smallest absolute Gasteiger partial charge is 0.229 e. The van der Waals surface area contributed by atoms with E-state index in [0.717, 1.165) is 38.4 Å². The Kier molecular flexibility index (Phi) is 8.24. The van der Waals surface area contributed by atoms with E-state index in [1.54, 1.807) is 6.20 Å². The molecule has 7 nitrogen and oxygen atoms in total. The number of carbonyl (C=O) groups excluding carboxylic acids is 1. The maximum absolute atomic E-state index is 12.1. The summed E-state index contributed by atoms with van der Waals surface area (Å²) < 4.78 is 5.20. The first kappa shape index (κ1) is 22.2. The summed E-state index contributed by atoms with van der Waals surface area (Å²) in [6.45, 7) is 10.2. The van der Waals surface area contributed by atoms with E-state index in [1.165, 1.54) is 0 Å². The van der Waals surface area contributed by atoms with Crippen LogP contribution in [0.1, 0.15) is 27.2 Å². The fraction of sp³-hybridized carbons (Fsp3) is 0.619. The van der Waals surface area contributed by atoms with Crippen molar-refractivity contribution in [3.05, 3.63) is 18.3 Å². The first-order chi connectivity index (χ1) is 13.3. The Bertz CT molecular complexity index is 664. The second kappa shape index (κ2) is 10.4. The number of hydrogen-bond acceptors (Lipinski definition) is 6. The van der Waals surface area contributed by atoms with Gasteiger partial charge in [0, 0.05) is 31.6 Å². The zero-order valence-corrected chi connectivity index (χ0v) is 17.1. The third kappa shape index (κ3) is 7.12. The first-order valence-corrected chi connectivity index (χ1v) is 9.73. The van der Waals surface area contributed by atoms with Crippen LogP contribution in [0.25, 0.3) is 0 Å². The number of β-amino-alcohol motifs (C(OH)–C–C–N with tert-alkyl or cyclic N) is 1. The molecule has 1 aliphatic heterocycles. The van der Waals surface area contributed by atoms with Gasteiger partial charge in [-0.25, -0.2) is 4.98 Å². The third-order valence-corrected chi connectivity index (χ3v) is 4.56. The molecule has 1 aliphatic rings. The average molecular weight is 389 g/mol. The number of ether oxygens (including phenoxy) is 1. The van der Waals surface area contributed by atoms with Gasteiger partial charge in [-0.3, -0.25) is 9.69 Å². The maximum atomic E-state index is 12.1. The van der Waals surface area contributed by atoms with Crippen molar-refractivity contribution in [1.82, 2.24) is 9.88 Å². The number of aliphatic hydroxyl groups excluding tert-OH is 1. The molecule has 154 valence electrons. The summed E-state index contributed by atoms with van der Waals surface area (Å²) in [7, 11) is 0. The van der Waals surface area contributed by atoms with Crippen LogP contribution in [0.5, 0.6) is 0 Å². The van der Waals surface area contributed by atoms with Crippen molar-refractivity contribution in [1.29, 1.82) is 0 Å². The lowest BCUT2D eigenvalue weighted by Crippen LogP contribution is -2.37. The molecule has 7 heteroatoms. The molecule has 0 radical (unpaired) electrons. The highest BCUT2D eigenvalue weighted by Gasteiger charge is 2.22. The van der Waals surface area contributed by atoms with Crippen molar-refractivity contribution >= 4 is 17.4 Å². The summed E-state index contributed by atoms with van der Waals surface area (Å²) >= 11 is 0. The maximum Gasteiger partial charge on any atom is 0.229 e. The second-order valence-corrected chi connectivity index (χ2v) is 8.12. The number of carbonyl (C=O) groups is 1. The number of terminal acetylenes is 1. The van der Waals surface area contributed by atoms with E-state index in [9.17, 15) is 9.90 Å². The van der Waals surface area contributed by atoms with Gasteiger partial charge in [0.15, 0.2) is 0 Å². The van der Waals surface area contributed by atoms with E-state index in [2.05, 4.69) is 26.0 Å². The van der Waals surface area contributed by atoms with Crippen LogP contribution in [-0.2, 0) is 9.53 Å². The number of aliphatic hydroxyl groups is 1. The van der Waals surface area contributed by atoms with Crippen molar-refractivity contribution in [2.24, 2.45) is 5.41 Å². The molecule has 0 spiro atoms. The quantitative estimate of drug-likeness (QED) is 0.546. The average Bonchev–Trinajstić information content (AvgIpc) is 2.87. The molecular weight excluding hydrogens is 356 g/mol. The molecule has 0 aliphatic carbocycles. The molecule has 28 heavy (non-hydrogen) atoms. The molecule has 1 fully saturated rings. The molecule has 2 rings (SSSR count). The van der Waals surface area contributed by atoms with Gasteiger partial charge >= 0.3 is 0 Å². The Morgan fingerprint density at radius 1 is 1.36 bits per heavy atom. The van der Waals surface area contributed by atoms with Crippen LogP contribution in [0.4, 0.5) is 11.5 Å². The van der Waals surface area contributed by atoms with Gasteiger partial charge in [0.05, 0.1) is 24.6 Å². The van der Waals surface area contributed by atoms with Gasteiger partial charge in [0.25, 0.3) is 0 Å². The lowest BCUT2D eigenvalue weighted by molar-refractivity contribution is -0.123. The van der Waals surface area contributed by atoms with E-state index < -0.39 is 11.5 Å². The minimum atomic E-state index is -0.538. The SMILES string of the molecule is C#CCOCC(O)CN1CCCN(c2ccc(NC(=O)C(C)(C)C)cn2)CC1. The number of nitrogens with zero attached hydrogens (tertiary/aromatic N) is 3. The molecule has 1 aromatic rings. The van der Waals surface area contributed by atoms with Crippen LogP contribution in [0.3, 0.4) is 0 Å². The summed E-state index contributed by atoms with van der Waals surface area (Å²) in [6, 6.07) is 3.83. The molecule has 1 unspecified atom stereocenters. The monoisotopic (exact) mass is 388 g/mol. The number of pyridine rings is 1. The van der Waals surface area contributed by atoms with Gasteiger partial charge in [-0.1, -0.05) is 26.7 Å². The number of nitrogens with one attached hydrogen (secondary N) is 1. The zero-order valence-electron chi connectivity index (χ0n) is 17.1. The molecule has 2 heterocycles. The van der Waals surface area contributed by atoms with Crippen molar-refractivity contribution in [2.75, 3.05) is 56.2 Å². The summed E-state index contributed by atoms with van der Waals surface area (Å²) in [6.07, 6.45) is 7.30. The molecule has 0 bridgehead atoms. The summed E-state index contributed by atoms with van der Waals surface area (Å²) in [4.78, 5) is 21.1. The molecule has 1 amide bonds. The topological polar surface area (TPSA) is 77.9 Å². The van der Waals surface area contributed by atoms with Crippen molar-refractivity contribution in [3.8, 4) is 12.3 Å². The largest absolute Gasteiger partial charge is 0.389 e. The zero-order chi connectivity index (χ0) is 20.6. The highest BCUT2D eigenvalue weighted by molar-refractivity contribution is 5.94. The Morgan fingerprint density at radius 2 is 2.14 bits per heavy atom. The van der Waals surface area contributed by atoms with Gasteiger partial charge < -0.3 is 20.1 Å². The molecule has 1 atom stereocenters. The first-order valence-electron chi connectivity index (χ1n) is 9.73. The van der Waals surface area contributed by atoms with Gasteiger partial charge in [-0.15, -0.1) is 6.42 Å². The predicted octanol–water partition coefficient (Wildman–Crippen LogP) is 1.59. The molecule has 1 saturated heterocycles. The highest BCUT2D eigenvalue weighted by Crippen LogP contribution is 2.19. The van der Waals surface area contributed by atoms with E-state index in [1.807, 2.05) is 32.9 Å². The van der Waals surface area contributed by atoms with Gasteiger partial charge in [0.2, 0.25) is 5.91 Å². The van der Waals surface area contributed by atoms with Crippen molar-refractivity contribution in [2.45, 2.75) is 33.3 Å². The predicted molar refractivity (Wildman–Crippen MR) is 111 cm³/mol. The number of anilines is 2. The highest BCUT2D eigenvalue weighted by atomic mass is 16.5. The second-order valence-electron chi connectivity index (χ2n) is 8.12. The van der Waals surface area contributed by atoms with Crippen LogP contribution in [-0.4, -0.2) is 72.9 Å². The standard InChI is InChI=1S/C21H32N4O3/c1-5-13-28-16-18(26)15-24-9-6-10-25(12-11-24)19-8-7-17(14-22-19)23-20(27)21(2,3)4/h1,7-8,14,18,26H,6,9-13,15-16H2,2-4H3,(H,23,27). The molecule has 2 N–H and O–H groups in total. The molecule has 1 aromatic heterocycles. The van der Waals surface area contributed by atoms with Crippen LogP contribution in [0, 0.1) is 17.8 Å². The third-order valence-electron chi connectivity index (χ3n) is 4.56.